The number of carbonyl (C=O) groups excluding carboxylic acids is 1. The van der Waals surface area contributed by atoms with Gasteiger partial charge in [0, 0.05) is 12.1 Å². The summed E-state index contributed by atoms with van der Waals surface area (Å²) in [6, 6.07) is 11.3. The van der Waals surface area contributed by atoms with Crippen molar-refractivity contribution < 1.29 is 24.5 Å². The molecule has 0 aliphatic rings. The molecule has 10 nitrogen and oxygen atoms in total. The van der Waals surface area contributed by atoms with E-state index in [4.69, 9.17) is 15.6 Å². The van der Waals surface area contributed by atoms with Crippen LogP contribution in [-0.2, 0) is 17.6 Å². The van der Waals surface area contributed by atoms with Crippen LogP contribution in [0.3, 0.4) is 0 Å². The number of nitrogens with two attached hydrogens (primary N) is 1. The number of aromatic nitrogens is 2. The van der Waals surface area contributed by atoms with Gasteiger partial charge >= 0.3 is 17.6 Å². The molecule has 0 unspecified atom stereocenters. The molecule has 10 heteroatoms. The minimum atomic E-state index is -1.33. The van der Waals surface area contributed by atoms with Crippen molar-refractivity contribution >= 4 is 22.7 Å². The van der Waals surface area contributed by atoms with Gasteiger partial charge in [-0.2, -0.15) is 0 Å². The summed E-state index contributed by atoms with van der Waals surface area (Å²) in [6.45, 7) is 0.472. The van der Waals surface area contributed by atoms with Crippen molar-refractivity contribution in [2.75, 3.05) is 20.3 Å². The number of carboxylic acid groups (broad SMARTS) is 1. The molecule has 0 bridgehead atoms. The first-order chi connectivity index (χ1) is 15.8. The van der Waals surface area contributed by atoms with E-state index in [2.05, 4.69) is 9.97 Å². The third-order valence-electron chi connectivity index (χ3n) is 4.88. The molecular weight excluding hydrogens is 430 g/mol. The van der Waals surface area contributed by atoms with Gasteiger partial charge in [0.05, 0.1) is 19.3 Å². The molecule has 0 atom stereocenters. The second kappa shape index (κ2) is 12.3. The summed E-state index contributed by atoms with van der Waals surface area (Å²) >= 11 is 0. The molecule has 3 aromatic rings. The molecule has 0 amide bonds. The molecule has 0 fully saturated rings. The highest BCUT2D eigenvalue weighted by Crippen LogP contribution is 2.22. The summed E-state index contributed by atoms with van der Waals surface area (Å²) in [5, 5.41) is 18.7. The van der Waals surface area contributed by atoms with Crippen molar-refractivity contribution in [3.05, 3.63) is 79.6 Å². The molecule has 3 rings (SSSR count). The lowest BCUT2D eigenvalue weighted by Gasteiger charge is -2.08. The average Bonchev–Trinajstić information content (AvgIpc) is 2.81. The molecule has 0 aliphatic carbocycles. The Morgan fingerprint density at radius 1 is 1.06 bits per heavy atom. The number of esters is 1. The third kappa shape index (κ3) is 6.86. The molecule has 33 heavy (non-hydrogen) atoms. The fraction of sp³-hybridized carbons (Fsp3) is 0.304. The highest BCUT2D eigenvalue weighted by molar-refractivity contribution is 6.04. The largest absolute Gasteiger partial charge is 0.477 e. The van der Waals surface area contributed by atoms with E-state index in [9.17, 15) is 24.3 Å². The van der Waals surface area contributed by atoms with Gasteiger partial charge in [-0.05, 0) is 48.1 Å². The van der Waals surface area contributed by atoms with Crippen LogP contribution < -0.4 is 17.0 Å². The number of aryl methyl sites for hydroxylation is 1. The molecule has 0 saturated carbocycles. The lowest BCUT2D eigenvalue weighted by Crippen LogP contribution is -2.30. The monoisotopic (exact) mass is 457 g/mol. The Labute approximate surface area is 189 Å². The minimum Gasteiger partial charge on any atom is -0.477 e. The van der Waals surface area contributed by atoms with Gasteiger partial charge in [-0.3, -0.25) is 9.78 Å². The highest BCUT2D eigenvalue weighted by atomic mass is 16.5. The number of hydrogen-bond acceptors (Lipinski definition) is 7. The number of carboxylic acids is 1. The summed E-state index contributed by atoms with van der Waals surface area (Å²) in [4.78, 5) is 50.5. The first-order valence-electron chi connectivity index (χ1n) is 10.3. The molecule has 1 aromatic heterocycles. The van der Waals surface area contributed by atoms with Crippen LogP contribution in [0.4, 0.5) is 0 Å². The van der Waals surface area contributed by atoms with Crippen molar-refractivity contribution in [2.45, 2.75) is 25.7 Å². The third-order valence-corrected chi connectivity index (χ3v) is 4.88. The van der Waals surface area contributed by atoms with E-state index in [0.29, 0.717) is 18.5 Å². The predicted molar refractivity (Wildman–Crippen MR) is 123 cm³/mol. The molecule has 176 valence electrons. The van der Waals surface area contributed by atoms with Gasteiger partial charge < -0.3 is 25.7 Å². The van der Waals surface area contributed by atoms with E-state index in [1.165, 1.54) is 7.11 Å². The molecule has 2 aromatic carbocycles. The van der Waals surface area contributed by atoms with Crippen molar-refractivity contribution in [3.63, 3.8) is 0 Å². The number of aromatic carboxylic acids is 1. The second-order valence-corrected chi connectivity index (χ2v) is 7.14. The van der Waals surface area contributed by atoms with Crippen LogP contribution in [-0.4, -0.2) is 52.4 Å². The fourth-order valence-corrected chi connectivity index (χ4v) is 3.34. The van der Waals surface area contributed by atoms with Gasteiger partial charge in [0.2, 0.25) is 0 Å². The number of carbonyl (C=O) groups is 2. The smallest absolute Gasteiger partial charge is 0.352 e. The van der Waals surface area contributed by atoms with Crippen molar-refractivity contribution in [3.8, 4) is 0 Å². The van der Waals surface area contributed by atoms with Gasteiger partial charge in [0.1, 0.15) is 5.69 Å². The average molecular weight is 457 g/mol. The minimum absolute atomic E-state index is 0.0679. The van der Waals surface area contributed by atoms with Gasteiger partial charge in [0.25, 0.3) is 5.56 Å². The Balaban J connectivity index is 0.000000890. The van der Waals surface area contributed by atoms with Crippen LogP contribution in [0.25, 0.3) is 10.8 Å². The van der Waals surface area contributed by atoms with E-state index in [-0.39, 0.29) is 30.3 Å². The number of methoxy groups -OCH3 is 1. The van der Waals surface area contributed by atoms with E-state index in [1.54, 1.807) is 12.1 Å². The molecule has 0 spiro atoms. The van der Waals surface area contributed by atoms with Crippen molar-refractivity contribution in [2.24, 2.45) is 5.73 Å². The number of aromatic amines is 2. The van der Waals surface area contributed by atoms with Crippen LogP contribution in [0, 0.1) is 0 Å². The lowest BCUT2D eigenvalue weighted by molar-refractivity contribution is 0.0602. The summed E-state index contributed by atoms with van der Waals surface area (Å²) < 4.78 is 4.81. The lowest BCUT2D eigenvalue weighted by atomic mass is 9.98. The zero-order valence-electron chi connectivity index (χ0n) is 18.2. The number of nitrogens with one attached hydrogen (secondary N) is 2. The van der Waals surface area contributed by atoms with Gasteiger partial charge in [-0.15, -0.1) is 0 Å². The molecule has 0 radical (unpaired) electrons. The summed E-state index contributed by atoms with van der Waals surface area (Å²) in [5.74, 6) is -1.72. The van der Waals surface area contributed by atoms with Crippen LogP contribution >= 0.6 is 0 Å². The zero-order chi connectivity index (χ0) is 24.4. The second-order valence-electron chi connectivity index (χ2n) is 7.14. The first-order valence-corrected chi connectivity index (χ1v) is 10.3. The maximum atomic E-state index is 11.9. The van der Waals surface area contributed by atoms with E-state index in [1.807, 2.05) is 24.3 Å². The Kier molecular flexibility index (Phi) is 9.52. The van der Waals surface area contributed by atoms with Crippen molar-refractivity contribution in [1.82, 2.24) is 9.97 Å². The highest BCUT2D eigenvalue weighted by Gasteiger charge is 2.15. The number of aliphatic hydroxyl groups is 1. The van der Waals surface area contributed by atoms with Crippen molar-refractivity contribution in [1.29, 1.82) is 0 Å². The SMILES string of the molecule is COC(=O)c1cccc2cc(CCCCc3c(C(=O)O)[nH]c(=O)[nH]c3=O)ccc12.NCCO. The van der Waals surface area contributed by atoms with E-state index >= 15 is 0 Å². The number of aliphatic hydroxyl groups excluding tert-OH is 1. The van der Waals surface area contributed by atoms with Crippen LogP contribution in [0.15, 0.2) is 46.0 Å². The quantitative estimate of drug-likeness (QED) is 0.248. The zero-order valence-corrected chi connectivity index (χ0v) is 18.2. The maximum Gasteiger partial charge on any atom is 0.352 e. The Hall–Kier alpha value is -3.76. The molecule has 0 saturated heterocycles. The van der Waals surface area contributed by atoms with Crippen LogP contribution in [0.1, 0.15) is 44.8 Å². The number of rotatable bonds is 8. The summed E-state index contributed by atoms with van der Waals surface area (Å²) in [6.07, 6.45) is 2.27. The Morgan fingerprint density at radius 3 is 2.39 bits per heavy atom. The van der Waals surface area contributed by atoms with Crippen LogP contribution in [0.2, 0.25) is 0 Å². The topological polar surface area (TPSA) is 176 Å². The summed E-state index contributed by atoms with van der Waals surface area (Å²) in [5.41, 5.74) is 4.55. The number of unbranched alkanes of at least 4 members (excludes halogenated alkanes) is 1. The molecule has 0 aliphatic heterocycles. The molecular formula is C23H27N3O7. The van der Waals surface area contributed by atoms with E-state index in [0.717, 1.165) is 29.2 Å². The first kappa shape index (κ1) is 25.5. The molecule has 1 heterocycles. The number of H-pyrrole nitrogens is 2. The fourth-order valence-electron chi connectivity index (χ4n) is 3.34. The Morgan fingerprint density at radius 2 is 1.76 bits per heavy atom. The normalized spacial score (nSPS) is 10.4. The van der Waals surface area contributed by atoms with Gasteiger partial charge in [-0.25, -0.2) is 14.4 Å². The number of hydrogen-bond donors (Lipinski definition) is 5. The van der Waals surface area contributed by atoms with Gasteiger partial charge in [0.15, 0.2) is 0 Å². The molecule has 6 N–H and O–H groups in total. The van der Waals surface area contributed by atoms with Crippen LogP contribution in [0.5, 0.6) is 0 Å². The maximum absolute atomic E-state index is 11.9. The van der Waals surface area contributed by atoms with Gasteiger partial charge in [-0.1, -0.05) is 30.3 Å². The van der Waals surface area contributed by atoms with E-state index < -0.39 is 17.2 Å². The number of ether oxygens (including phenoxy) is 1. The Bertz CT molecular complexity index is 1230. The number of benzene rings is 2. The predicted octanol–water partition coefficient (Wildman–Crippen LogP) is 1.20. The summed E-state index contributed by atoms with van der Waals surface area (Å²) in [7, 11) is 1.35. The number of fused-ring (bicyclic) bond motifs is 1. The standard InChI is InChI=1S/C21H20N2O6.C2H7NO/c1-29-20(27)15-8-4-6-13-11-12(9-10-14(13)15)5-2-3-7-16-17(19(25)26)22-21(28)23-18(16)24;3-1-2-4/h4,6,8-11H,2-3,5,7H2,1H3,(H,25,26)(H2,22,23,24,28);4H,1-3H2.